The van der Waals surface area contributed by atoms with E-state index in [2.05, 4.69) is 4.74 Å². The van der Waals surface area contributed by atoms with Crippen LogP contribution >= 0.6 is 0 Å². The van der Waals surface area contributed by atoms with Crippen molar-refractivity contribution in [3.63, 3.8) is 0 Å². The Bertz CT molecular complexity index is 436. The van der Waals surface area contributed by atoms with E-state index in [4.69, 9.17) is 5.11 Å². The molecule has 0 atom stereocenters. The standard InChI is InChI=1S/C11H10O5/c1-16-11(15)8-4-2-3-7(5-8)9(12)6-10(13)14/h2-5H,6H2,1H3,(H,13,14). The fourth-order valence-corrected chi connectivity index (χ4v) is 1.18. The predicted octanol–water partition coefficient (Wildman–Crippen LogP) is 1.13. The van der Waals surface area contributed by atoms with Gasteiger partial charge in [-0.05, 0) is 12.1 Å². The summed E-state index contributed by atoms with van der Waals surface area (Å²) >= 11 is 0. The maximum absolute atomic E-state index is 11.4. The average molecular weight is 222 g/mol. The Balaban J connectivity index is 2.94. The van der Waals surface area contributed by atoms with E-state index in [1.54, 1.807) is 0 Å². The zero-order chi connectivity index (χ0) is 12.1. The Labute approximate surface area is 91.6 Å². The van der Waals surface area contributed by atoms with Gasteiger partial charge in [0.1, 0.15) is 6.42 Å². The van der Waals surface area contributed by atoms with Crippen LogP contribution in [0.4, 0.5) is 0 Å². The van der Waals surface area contributed by atoms with Crippen LogP contribution in [-0.2, 0) is 9.53 Å². The van der Waals surface area contributed by atoms with E-state index in [1.165, 1.54) is 31.4 Å². The molecule has 0 aliphatic rings. The fraction of sp³-hybridized carbons (Fsp3) is 0.182. The SMILES string of the molecule is COC(=O)c1cccc(C(=O)CC(=O)O)c1. The van der Waals surface area contributed by atoms with E-state index in [1.807, 2.05) is 0 Å². The zero-order valence-corrected chi connectivity index (χ0v) is 8.60. The van der Waals surface area contributed by atoms with Crippen LogP contribution in [0, 0.1) is 0 Å². The summed E-state index contributed by atoms with van der Waals surface area (Å²) in [6.45, 7) is 0. The molecule has 1 rings (SSSR count). The molecule has 5 nitrogen and oxygen atoms in total. The van der Waals surface area contributed by atoms with Gasteiger partial charge in [0, 0.05) is 5.56 Å². The Morgan fingerprint density at radius 3 is 2.44 bits per heavy atom. The molecule has 0 saturated heterocycles. The molecule has 0 saturated carbocycles. The van der Waals surface area contributed by atoms with Gasteiger partial charge in [-0.3, -0.25) is 9.59 Å². The fourth-order valence-electron chi connectivity index (χ4n) is 1.18. The van der Waals surface area contributed by atoms with E-state index in [-0.39, 0.29) is 11.1 Å². The molecule has 0 bridgehead atoms. The smallest absolute Gasteiger partial charge is 0.337 e. The maximum Gasteiger partial charge on any atom is 0.337 e. The van der Waals surface area contributed by atoms with Crippen molar-refractivity contribution in [2.45, 2.75) is 6.42 Å². The van der Waals surface area contributed by atoms with Crippen LogP contribution in [-0.4, -0.2) is 29.9 Å². The third-order valence-electron chi connectivity index (χ3n) is 1.92. The molecule has 0 amide bonds. The van der Waals surface area contributed by atoms with Gasteiger partial charge in [-0.1, -0.05) is 12.1 Å². The second kappa shape index (κ2) is 5.06. The highest BCUT2D eigenvalue weighted by molar-refractivity contribution is 6.06. The quantitative estimate of drug-likeness (QED) is 0.469. The number of ketones is 1. The molecule has 0 aliphatic carbocycles. The number of hydrogen-bond donors (Lipinski definition) is 1. The number of esters is 1. The van der Waals surface area contributed by atoms with Crippen molar-refractivity contribution in [2.24, 2.45) is 0 Å². The number of hydrogen-bond acceptors (Lipinski definition) is 4. The van der Waals surface area contributed by atoms with E-state index in [9.17, 15) is 14.4 Å². The molecule has 0 aliphatic heterocycles. The molecule has 0 heterocycles. The second-order valence-electron chi connectivity index (χ2n) is 3.07. The van der Waals surface area contributed by atoms with Crippen LogP contribution < -0.4 is 0 Å². The van der Waals surface area contributed by atoms with Crippen LogP contribution in [0.2, 0.25) is 0 Å². The Morgan fingerprint density at radius 1 is 1.25 bits per heavy atom. The largest absolute Gasteiger partial charge is 0.481 e. The molecule has 0 spiro atoms. The summed E-state index contributed by atoms with van der Waals surface area (Å²) in [5.41, 5.74) is 0.407. The summed E-state index contributed by atoms with van der Waals surface area (Å²) in [5, 5.41) is 8.46. The van der Waals surface area contributed by atoms with E-state index < -0.39 is 24.1 Å². The number of methoxy groups -OCH3 is 1. The number of Topliss-reactive ketones (excluding diaryl/α,β-unsaturated/α-hetero) is 1. The van der Waals surface area contributed by atoms with Crippen molar-refractivity contribution in [1.29, 1.82) is 0 Å². The summed E-state index contributed by atoms with van der Waals surface area (Å²) in [4.78, 5) is 32.9. The maximum atomic E-state index is 11.4. The van der Waals surface area contributed by atoms with Gasteiger partial charge in [-0.2, -0.15) is 0 Å². The topological polar surface area (TPSA) is 80.7 Å². The number of carboxylic acids is 1. The molecular weight excluding hydrogens is 212 g/mol. The third kappa shape index (κ3) is 2.91. The van der Waals surface area contributed by atoms with Gasteiger partial charge in [0.05, 0.1) is 12.7 Å². The number of ether oxygens (including phenoxy) is 1. The van der Waals surface area contributed by atoms with Crippen molar-refractivity contribution in [2.75, 3.05) is 7.11 Å². The highest BCUT2D eigenvalue weighted by atomic mass is 16.5. The molecule has 1 aromatic carbocycles. The first-order valence-corrected chi connectivity index (χ1v) is 4.48. The number of carboxylic acid groups (broad SMARTS) is 1. The minimum Gasteiger partial charge on any atom is -0.481 e. The van der Waals surface area contributed by atoms with Crippen LogP contribution in [0.5, 0.6) is 0 Å². The van der Waals surface area contributed by atoms with Gasteiger partial charge < -0.3 is 9.84 Å². The monoisotopic (exact) mass is 222 g/mol. The molecule has 84 valence electrons. The minimum absolute atomic E-state index is 0.185. The van der Waals surface area contributed by atoms with Gasteiger partial charge in [0.2, 0.25) is 0 Å². The molecular formula is C11H10O5. The molecule has 1 N–H and O–H groups in total. The molecule has 5 heteroatoms. The average Bonchev–Trinajstić information content (AvgIpc) is 2.27. The Hall–Kier alpha value is -2.17. The van der Waals surface area contributed by atoms with Gasteiger partial charge in [0.15, 0.2) is 5.78 Å². The Morgan fingerprint density at radius 2 is 1.88 bits per heavy atom. The molecule has 0 aromatic heterocycles. The lowest BCUT2D eigenvalue weighted by molar-refractivity contribution is -0.135. The normalized spacial score (nSPS) is 9.56. The van der Waals surface area contributed by atoms with Crippen molar-refractivity contribution in [3.05, 3.63) is 35.4 Å². The summed E-state index contributed by atoms with van der Waals surface area (Å²) in [5.74, 6) is -2.31. The number of carbonyl (C=O) groups excluding carboxylic acids is 2. The van der Waals surface area contributed by atoms with E-state index >= 15 is 0 Å². The van der Waals surface area contributed by atoms with Crippen LogP contribution in [0.15, 0.2) is 24.3 Å². The van der Waals surface area contributed by atoms with Gasteiger partial charge in [-0.25, -0.2) is 4.79 Å². The lowest BCUT2D eigenvalue weighted by atomic mass is 10.1. The lowest BCUT2D eigenvalue weighted by Crippen LogP contribution is -2.08. The lowest BCUT2D eigenvalue weighted by Gasteiger charge is -2.01. The Kier molecular flexibility index (Phi) is 3.77. The highest BCUT2D eigenvalue weighted by Crippen LogP contribution is 2.09. The van der Waals surface area contributed by atoms with Crippen molar-refractivity contribution in [1.82, 2.24) is 0 Å². The summed E-state index contributed by atoms with van der Waals surface area (Å²) < 4.78 is 4.49. The summed E-state index contributed by atoms with van der Waals surface area (Å²) in [6, 6.07) is 5.76. The van der Waals surface area contributed by atoms with Crippen molar-refractivity contribution in [3.8, 4) is 0 Å². The number of carbonyl (C=O) groups is 3. The van der Waals surface area contributed by atoms with E-state index in [0.29, 0.717) is 0 Å². The first kappa shape index (κ1) is 11.9. The minimum atomic E-state index is -1.20. The first-order valence-electron chi connectivity index (χ1n) is 4.48. The number of rotatable bonds is 4. The molecule has 16 heavy (non-hydrogen) atoms. The van der Waals surface area contributed by atoms with Crippen LogP contribution in [0.25, 0.3) is 0 Å². The van der Waals surface area contributed by atoms with Crippen LogP contribution in [0.1, 0.15) is 27.1 Å². The number of benzene rings is 1. The highest BCUT2D eigenvalue weighted by Gasteiger charge is 2.13. The summed E-state index contributed by atoms with van der Waals surface area (Å²) in [7, 11) is 1.23. The van der Waals surface area contributed by atoms with Gasteiger partial charge >= 0.3 is 11.9 Å². The van der Waals surface area contributed by atoms with Crippen molar-refractivity contribution < 1.29 is 24.2 Å². The zero-order valence-electron chi connectivity index (χ0n) is 8.60. The molecule has 0 unspecified atom stereocenters. The second-order valence-corrected chi connectivity index (χ2v) is 3.07. The predicted molar refractivity (Wildman–Crippen MR) is 54.4 cm³/mol. The van der Waals surface area contributed by atoms with Crippen LogP contribution in [0.3, 0.4) is 0 Å². The first-order chi connectivity index (χ1) is 7.54. The molecule has 0 fully saturated rings. The third-order valence-corrected chi connectivity index (χ3v) is 1.92. The summed E-state index contributed by atoms with van der Waals surface area (Å²) in [6.07, 6.45) is -0.593. The number of aliphatic carboxylic acids is 1. The molecule has 1 aromatic rings. The molecule has 0 radical (unpaired) electrons. The van der Waals surface area contributed by atoms with Gasteiger partial charge in [0.25, 0.3) is 0 Å². The van der Waals surface area contributed by atoms with Crippen molar-refractivity contribution >= 4 is 17.7 Å². The van der Waals surface area contributed by atoms with E-state index in [0.717, 1.165) is 0 Å². The van der Waals surface area contributed by atoms with Gasteiger partial charge in [-0.15, -0.1) is 0 Å².